The minimum atomic E-state index is -0.618. The lowest BCUT2D eigenvalue weighted by Gasteiger charge is -2.38. The lowest BCUT2D eigenvalue weighted by Crippen LogP contribution is -2.44. The van der Waals surface area contributed by atoms with Gasteiger partial charge in [-0.3, -0.25) is 4.79 Å². The van der Waals surface area contributed by atoms with Crippen LogP contribution in [0.4, 0.5) is 0 Å². The predicted molar refractivity (Wildman–Crippen MR) is 92.2 cm³/mol. The van der Waals surface area contributed by atoms with E-state index in [9.17, 15) is 4.79 Å². The Kier molecular flexibility index (Phi) is 5.85. The zero-order chi connectivity index (χ0) is 15.5. The third-order valence-electron chi connectivity index (χ3n) is 4.44. The number of furan rings is 1. The second-order valence-corrected chi connectivity index (χ2v) is 6.08. The van der Waals surface area contributed by atoms with E-state index in [0.29, 0.717) is 5.92 Å². The third kappa shape index (κ3) is 3.77. The number of hydrogen-bond acceptors (Lipinski definition) is 3. The highest BCUT2D eigenvalue weighted by Gasteiger charge is 2.35. The van der Waals surface area contributed by atoms with Crippen LogP contribution in [-0.2, 0) is 4.79 Å². The average Bonchev–Trinajstić information content (AvgIpc) is 3.08. The lowest BCUT2D eigenvalue weighted by molar-refractivity contribution is -0.137. The normalized spacial score (nSPS) is 22.3. The molecular weight excluding hydrogens is 312 g/mol. The molecule has 23 heavy (non-hydrogen) atoms. The molecule has 5 heteroatoms. The number of nitrogens with zero attached hydrogens (tertiary/aromatic N) is 1. The molecule has 3 rings (SSSR count). The van der Waals surface area contributed by atoms with Crippen molar-refractivity contribution in [2.24, 2.45) is 11.7 Å². The van der Waals surface area contributed by atoms with Crippen LogP contribution in [0.2, 0.25) is 0 Å². The fourth-order valence-electron chi connectivity index (χ4n) is 3.14. The molecule has 1 fully saturated rings. The van der Waals surface area contributed by atoms with E-state index in [1.54, 1.807) is 6.26 Å². The van der Waals surface area contributed by atoms with E-state index in [1.165, 1.54) is 0 Å². The molecule has 1 saturated heterocycles. The Morgan fingerprint density at radius 2 is 2.00 bits per heavy atom. The van der Waals surface area contributed by atoms with Gasteiger partial charge in [0.2, 0.25) is 5.91 Å². The Bertz CT molecular complexity index is 615. The number of nitrogens with two attached hydrogens (primary N) is 1. The van der Waals surface area contributed by atoms with E-state index >= 15 is 0 Å². The third-order valence-corrected chi connectivity index (χ3v) is 4.44. The Labute approximate surface area is 143 Å². The molecule has 3 unspecified atom stereocenters. The molecule has 0 aliphatic carbocycles. The fraction of sp³-hybridized carbons (Fsp3) is 0.389. The maximum Gasteiger partial charge on any atom is 0.244 e. The molecule has 4 nitrogen and oxygen atoms in total. The highest BCUT2D eigenvalue weighted by atomic mass is 35.5. The smallest absolute Gasteiger partial charge is 0.244 e. The molecule has 2 aromatic rings. The van der Waals surface area contributed by atoms with Crippen molar-refractivity contribution in [3.05, 3.63) is 60.1 Å². The highest BCUT2D eigenvalue weighted by Crippen LogP contribution is 2.35. The Morgan fingerprint density at radius 1 is 1.26 bits per heavy atom. The highest BCUT2D eigenvalue weighted by molar-refractivity contribution is 5.85. The SMILES string of the molecule is CC1CCN(C(=O)C(N)c2ccccc2)C(c2ccco2)C1.Cl. The summed E-state index contributed by atoms with van der Waals surface area (Å²) in [6.07, 6.45) is 3.58. The van der Waals surface area contributed by atoms with Crippen molar-refractivity contribution in [1.82, 2.24) is 4.90 Å². The predicted octanol–water partition coefficient (Wildman–Crippen LogP) is 3.70. The minimum absolute atomic E-state index is 0. The Balaban J connectivity index is 0.00000192. The summed E-state index contributed by atoms with van der Waals surface area (Å²) in [6.45, 7) is 2.95. The Hall–Kier alpha value is -1.78. The summed E-state index contributed by atoms with van der Waals surface area (Å²) >= 11 is 0. The maximum absolute atomic E-state index is 12.9. The van der Waals surface area contributed by atoms with Gasteiger partial charge in [-0.15, -0.1) is 12.4 Å². The number of likely N-dealkylation sites (tertiary alicyclic amines) is 1. The van der Waals surface area contributed by atoms with E-state index in [4.69, 9.17) is 10.2 Å². The summed E-state index contributed by atoms with van der Waals surface area (Å²) < 4.78 is 5.55. The van der Waals surface area contributed by atoms with Crippen molar-refractivity contribution >= 4 is 18.3 Å². The molecule has 1 aromatic heterocycles. The van der Waals surface area contributed by atoms with Crippen molar-refractivity contribution in [3.63, 3.8) is 0 Å². The molecule has 0 spiro atoms. The molecular formula is C18H23ClN2O2. The van der Waals surface area contributed by atoms with E-state index < -0.39 is 6.04 Å². The minimum Gasteiger partial charge on any atom is -0.467 e. The van der Waals surface area contributed by atoms with Crippen molar-refractivity contribution in [2.75, 3.05) is 6.54 Å². The van der Waals surface area contributed by atoms with Crippen LogP contribution in [0.5, 0.6) is 0 Å². The van der Waals surface area contributed by atoms with Crippen molar-refractivity contribution in [3.8, 4) is 0 Å². The van der Waals surface area contributed by atoms with Crippen LogP contribution >= 0.6 is 12.4 Å². The van der Waals surface area contributed by atoms with E-state index in [2.05, 4.69) is 6.92 Å². The fourth-order valence-corrected chi connectivity index (χ4v) is 3.14. The van der Waals surface area contributed by atoms with E-state index in [-0.39, 0.29) is 24.4 Å². The molecule has 0 bridgehead atoms. The summed E-state index contributed by atoms with van der Waals surface area (Å²) in [4.78, 5) is 14.8. The van der Waals surface area contributed by atoms with Crippen molar-refractivity contribution in [1.29, 1.82) is 0 Å². The van der Waals surface area contributed by atoms with Crippen LogP contribution < -0.4 is 5.73 Å². The molecule has 1 aliphatic heterocycles. The first-order valence-corrected chi connectivity index (χ1v) is 7.81. The van der Waals surface area contributed by atoms with Crippen LogP contribution in [0, 0.1) is 5.92 Å². The number of carbonyl (C=O) groups excluding carboxylic acids is 1. The van der Waals surface area contributed by atoms with Gasteiger partial charge in [0.05, 0.1) is 12.3 Å². The standard InChI is InChI=1S/C18H22N2O2.ClH/c1-13-9-10-20(15(12-13)16-8-5-11-22-16)18(21)17(19)14-6-3-2-4-7-14;/h2-8,11,13,15,17H,9-10,12,19H2,1H3;1H. The number of rotatable bonds is 3. The summed E-state index contributed by atoms with van der Waals surface area (Å²) in [5.41, 5.74) is 7.05. The summed E-state index contributed by atoms with van der Waals surface area (Å²) in [5, 5.41) is 0. The first-order valence-electron chi connectivity index (χ1n) is 7.81. The number of hydrogen-bond donors (Lipinski definition) is 1. The zero-order valence-electron chi connectivity index (χ0n) is 13.2. The van der Waals surface area contributed by atoms with E-state index in [1.807, 2.05) is 47.4 Å². The van der Waals surface area contributed by atoms with Gasteiger partial charge in [0.15, 0.2) is 0 Å². The molecule has 124 valence electrons. The van der Waals surface area contributed by atoms with Gasteiger partial charge in [-0.05, 0) is 36.5 Å². The largest absolute Gasteiger partial charge is 0.467 e. The summed E-state index contributed by atoms with van der Waals surface area (Å²) in [7, 11) is 0. The number of amides is 1. The quantitative estimate of drug-likeness (QED) is 0.931. The van der Waals surface area contributed by atoms with Gasteiger partial charge in [-0.1, -0.05) is 37.3 Å². The molecule has 0 radical (unpaired) electrons. The monoisotopic (exact) mass is 334 g/mol. The lowest BCUT2D eigenvalue weighted by atomic mass is 9.90. The zero-order valence-corrected chi connectivity index (χ0v) is 14.0. The second-order valence-electron chi connectivity index (χ2n) is 6.08. The number of piperidine rings is 1. The van der Waals surface area contributed by atoms with Gasteiger partial charge in [0, 0.05) is 6.54 Å². The van der Waals surface area contributed by atoms with E-state index in [0.717, 1.165) is 30.7 Å². The van der Waals surface area contributed by atoms with Crippen molar-refractivity contribution < 1.29 is 9.21 Å². The summed E-state index contributed by atoms with van der Waals surface area (Å²) in [6, 6.07) is 12.7. The van der Waals surface area contributed by atoms with Crippen LogP contribution in [0.1, 0.15) is 43.2 Å². The molecule has 3 atom stereocenters. The molecule has 2 N–H and O–H groups in total. The molecule has 0 saturated carbocycles. The molecule has 1 aliphatic rings. The van der Waals surface area contributed by atoms with Crippen molar-refractivity contribution in [2.45, 2.75) is 31.8 Å². The second kappa shape index (κ2) is 7.66. The number of carbonyl (C=O) groups is 1. The van der Waals surface area contributed by atoms with Crippen LogP contribution in [0.3, 0.4) is 0 Å². The molecule has 1 amide bonds. The van der Waals surface area contributed by atoms with Crippen LogP contribution in [-0.4, -0.2) is 17.4 Å². The topological polar surface area (TPSA) is 59.5 Å². The first-order chi connectivity index (χ1) is 10.7. The number of halogens is 1. The number of benzene rings is 1. The van der Waals surface area contributed by atoms with Gasteiger partial charge < -0.3 is 15.1 Å². The molecule has 2 heterocycles. The molecule has 1 aromatic carbocycles. The van der Waals surface area contributed by atoms with Crippen LogP contribution in [0.15, 0.2) is 53.1 Å². The summed E-state index contributed by atoms with van der Waals surface area (Å²) in [5.74, 6) is 1.40. The average molecular weight is 335 g/mol. The maximum atomic E-state index is 12.9. The van der Waals surface area contributed by atoms with Gasteiger partial charge in [0.1, 0.15) is 11.8 Å². The van der Waals surface area contributed by atoms with Gasteiger partial charge in [-0.2, -0.15) is 0 Å². The van der Waals surface area contributed by atoms with Gasteiger partial charge >= 0.3 is 0 Å². The Morgan fingerprint density at radius 3 is 2.65 bits per heavy atom. The van der Waals surface area contributed by atoms with Gasteiger partial charge in [-0.25, -0.2) is 0 Å². The first kappa shape index (κ1) is 17.6. The van der Waals surface area contributed by atoms with Crippen LogP contribution in [0.25, 0.3) is 0 Å². The van der Waals surface area contributed by atoms with Gasteiger partial charge in [0.25, 0.3) is 0 Å².